The Bertz CT molecular complexity index is 1080. The number of carboxylic acid groups (broad SMARTS) is 1. The van der Waals surface area contributed by atoms with Gasteiger partial charge in [-0.2, -0.15) is 4.98 Å². The summed E-state index contributed by atoms with van der Waals surface area (Å²) in [7, 11) is 0. The molecule has 1 unspecified atom stereocenters. The molecule has 156 valence electrons. The smallest absolute Gasteiger partial charge is 0.407 e. The second kappa shape index (κ2) is 8.19. The fourth-order valence-corrected chi connectivity index (χ4v) is 3.36. The molecule has 2 amide bonds. The van der Waals surface area contributed by atoms with E-state index in [0.29, 0.717) is 30.7 Å². The fourth-order valence-electron chi connectivity index (χ4n) is 3.36. The van der Waals surface area contributed by atoms with Crippen LogP contribution < -0.4 is 15.9 Å². The number of piperidine rings is 1. The van der Waals surface area contributed by atoms with Crippen LogP contribution >= 0.6 is 0 Å². The summed E-state index contributed by atoms with van der Waals surface area (Å²) in [6.45, 7) is 1.36. The zero-order chi connectivity index (χ0) is 21.1. The van der Waals surface area contributed by atoms with Crippen LogP contribution in [0.5, 0.6) is 6.01 Å². The first-order chi connectivity index (χ1) is 14.5. The van der Waals surface area contributed by atoms with Gasteiger partial charge < -0.3 is 25.9 Å². The van der Waals surface area contributed by atoms with Crippen LogP contribution in [0.15, 0.2) is 30.5 Å². The Morgan fingerprint density at radius 2 is 2.17 bits per heavy atom. The van der Waals surface area contributed by atoms with Gasteiger partial charge in [-0.1, -0.05) is 17.0 Å². The maximum absolute atomic E-state index is 11.8. The summed E-state index contributed by atoms with van der Waals surface area (Å²) < 4.78 is 0. The molecule has 1 aliphatic heterocycles. The lowest BCUT2D eigenvalue weighted by molar-refractivity contribution is 0.0999. The van der Waals surface area contributed by atoms with Crippen LogP contribution in [-0.4, -0.2) is 66.8 Å². The number of carbonyl (C=O) groups excluding carboxylic acids is 1. The number of likely N-dealkylation sites (tertiary alicyclic amines) is 1. The topological polar surface area (TPSA) is 161 Å². The van der Waals surface area contributed by atoms with Crippen LogP contribution in [0, 0.1) is 5.92 Å². The number of fused-ring (bicyclic) bond motifs is 1. The Balaban J connectivity index is 1.51. The molecule has 1 aromatic carbocycles. The standard InChI is InChI=1S/C18H20N8O4/c19-15(27)12-9-21-17(30-26-14-6-2-1-5-13(14)23-24-26)22-16(12)20-8-11-4-3-7-25(10-11)18(28)29/h1-2,5-6,9,11H,3-4,7-8,10H2,(H2,19,27)(H,28,29)(H,20,21,22). The first-order valence-electron chi connectivity index (χ1n) is 9.38. The molecule has 1 atom stereocenters. The molecule has 0 aliphatic carbocycles. The number of nitrogens with two attached hydrogens (primary N) is 1. The Labute approximate surface area is 170 Å². The number of hydrogen-bond donors (Lipinski definition) is 3. The van der Waals surface area contributed by atoms with E-state index in [1.807, 2.05) is 12.1 Å². The molecule has 12 heteroatoms. The third-order valence-electron chi connectivity index (χ3n) is 4.87. The lowest BCUT2D eigenvalue weighted by Crippen LogP contribution is -2.41. The first-order valence-corrected chi connectivity index (χ1v) is 9.38. The SMILES string of the molecule is NC(=O)c1cnc(On2nnc3ccccc32)nc1NCC1CCCN(C(=O)O)C1. The number of primary amides is 1. The average Bonchev–Trinajstić information content (AvgIpc) is 3.15. The van der Waals surface area contributed by atoms with Gasteiger partial charge in [-0.15, -0.1) is 5.10 Å². The minimum atomic E-state index is -0.935. The molecule has 4 rings (SSSR count). The fraction of sp³-hybridized carbons (Fsp3) is 0.333. The molecule has 1 aliphatic rings. The summed E-state index contributed by atoms with van der Waals surface area (Å²) in [5.74, 6) is -0.399. The van der Waals surface area contributed by atoms with Crippen molar-refractivity contribution in [1.29, 1.82) is 0 Å². The number of nitrogens with zero attached hydrogens (tertiary/aromatic N) is 6. The van der Waals surface area contributed by atoms with Crippen molar-refractivity contribution in [3.8, 4) is 6.01 Å². The maximum atomic E-state index is 11.8. The Kier molecular flexibility index (Phi) is 5.28. The van der Waals surface area contributed by atoms with Crippen LogP contribution in [0.3, 0.4) is 0 Å². The van der Waals surface area contributed by atoms with E-state index in [1.54, 1.807) is 12.1 Å². The number of benzene rings is 1. The molecule has 1 saturated heterocycles. The van der Waals surface area contributed by atoms with Crippen molar-refractivity contribution in [2.75, 3.05) is 25.0 Å². The van der Waals surface area contributed by atoms with Gasteiger partial charge in [-0.3, -0.25) is 4.79 Å². The van der Waals surface area contributed by atoms with E-state index in [1.165, 1.54) is 15.9 Å². The Morgan fingerprint density at radius 3 is 2.97 bits per heavy atom. The molecule has 0 spiro atoms. The molecule has 0 bridgehead atoms. The number of nitrogens with one attached hydrogen (secondary N) is 1. The molecule has 3 aromatic rings. The van der Waals surface area contributed by atoms with Crippen molar-refractivity contribution in [3.63, 3.8) is 0 Å². The second-order valence-corrected chi connectivity index (χ2v) is 6.94. The summed E-state index contributed by atoms with van der Waals surface area (Å²) in [6, 6.07) is 7.17. The van der Waals surface area contributed by atoms with E-state index in [4.69, 9.17) is 10.6 Å². The van der Waals surface area contributed by atoms with Gasteiger partial charge in [0.25, 0.3) is 5.91 Å². The first kappa shape index (κ1) is 19.4. The summed E-state index contributed by atoms with van der Waals surface area (Å²) >= 11 is 0. The van der Waals surface area contributed by atoms with E-state index in [-0.39, 0.29) is 23.3 Å². The number of amides is 2. The summed E-state index contributed by atoms with van der Waals surface area (Å²) in [5.41, 5.74) is 6.81. The quantitative estimate of drug-likeness (QED) is 0.535. The van der Waals surface area contributed by atoms with Crippen LogP contribution in [0.25, 0.3) is 11.0 Å². The lowest BCUT2D eigenvalue weighted by Gasteiger charge is -2.30. The van der Waals surface area contributed by atoms with Gasteiger partial charge in [0, 0.05) is 25.8 Å². The van der Waals surface area contributed by atoms with Gasteiger partial charge in [0.15, 0.2) is 0 Å². The van der Waals surface area contributed by atoms with Gasteiger partial charge in [-0.05, 0) is 36.1 Å². The van der Waals surface area contributed by atoms with Gasteiger partial charge in [0.2, 0.25) is 0 Å². The van der Waals surface area contributed by atoms with E-state index < -0.39 is 12.0 Å². The van der Waals surface area contributed by atoms with Gasteiger partial charge >= 0.3 is 12.1 Å². The highest BCUT2D eigenvalue weighted by molar-refractivity contribution is 5.97. The van der Waals surface area contributed by atoms with Crippen molar-refractivity contribution in [3.05, 3.63) is 36.0 Å². The molecule has 3 heterocycles. The van der Waals surface area contributed by atoms with Crippen molar-refractivity contribution >= 4 is 28.9 Å². The molecule has 12 nitrogen and oxygen atoms in total. The van der Waals surface area contributed by atoms with Crippen LogP contribution in [0.1, 0.15) is 23.2 Å². The normalized spacial score (nSPS) is 16.4. The van der Waals surface area contributed by atoms with Crippen molar-refractivity contribution < 1.29 is 19.5 Å². The minimum Gasteiger partial charge on any atom is -0.465 e. The second-order valence-electron chi connectivity index (χ2n) is 6.94. The third-order valence-corrected chi connectivity index (χ3v) is 4.87. The lowest BCUT2D eigenvalue weighted by atomic mass is 9.98. The predicted octanol–water partition coefficient (Wildman–Crippen LogP) is 0.964. The molecule has 4 N–H and O–H groups in total. The number of carbonyl (C=O) groups is 2. The van der Waals surface area contributed by atoms with Crippen molar-refractivity contribution in [2.45, 2.75) is 12.8 Å². The van der Waals surface area contributed by atoms with Gasteiger partial charge in [0.05, 0.1) is 0 Å². The monoisotopic (exact) mass is 412 g/mol. The van der Waals surface area contributed by atoms with Crippen LogP contribution in [-0.2, 0) is 0 Å². The highest BCUT2D eigenvalue weighted by Crippen LogP contribution is 2.20. The predicted molar refractivity (Wildman–Crippen MR) is 105 cm³/mol. The summed E-state index contributed by atoms with van der Waals surface area (Å²) in [4.78, 5) is 39.4. The van der Waals surface area contributed by atoms with Crippen LogP contribution in [0.4, 0.5) is 10.6 Å². The molecular weight excluding hydrogens is 392 g/mol. The highest BCUT2D eigenvalue weighted by atomic mass is 16.7. The number of anilines is 1. The maximum Gasteiger partial charge on any atom is 0.407 e. The summed E-state index contributed by atoms with van der Waals surface area (Å²) in [6.07, 6.45) is 1.98. The molecule has 1 fully saturated rings. The molecule has 30 heavy (non-hydrogen) atoms. The molecule has 2 aromatic heterocycles. The molecular formula is C18H20N8O4. The van der Waals surface area contributed by atoms with Crippen molar-refractivity contribution in [2.24, 2.45) is 11.7 Å². The third kappa shape index (κ3) is 4.06. The Hall–Kier alpha value is -3.96. The average molecular weight is 412 g/mol. The largest absolute Gasteiger partial charge is 0.465 e. The Morgan fingerprint density at radius 1 is 1.33 bits per heavy atom. The van der Waals surface area contributed by atoms with E-state index in [9.17, 15) is 14.7 Å². The van der Waals surface area contributed by atoms with Gasteiger partial charge in [-0.25, -0.2) is 9.78 Å². The zero-order valence-corrected chi connectivity index (χ0v) is 15.9. The number of hydrogen-bond acceptors (Lipinski definition) is 8. The van der Waals surface area contributed by atoms with Gasteiger partial charge in [0.1, 0.15) is 22.4 Å². The van der Waals surface area contributed by atoms with E-state index in [0.717, 1.165) is 12.8 Å². The molecule has 0 saturated carbocycles. The highest BCUT2D eigenvalue weighted by Gasteiger charge is 2.24. The zero-order valence-electron chi connectivity index (χ0n) is 15.9. The van der Waals surface area contributed by atoms with Crippen LogP contribution in [0.2, 0.25) is 0 Å². The summed E-state index contributed by atoms with van der Waals surface area (Å²) in [5, 5.41) is 20.2. The van der Waals surface area contributed by atoms with Crippen molar-refractivity contribution in [1.82, 2.24) is 30.0 Å². The molecule has 0 radical (unpaired) electrons. The van der Waals surface area contributed by atoms with E-state index >= 15 is 0 Å². The van der Waals surface area contributed by atoms with E-state index in [2.05, 4.69) is 25.6 Å². The number of para-hydroxylation sites is 1. The minimum absolute atomic E-state index is 0.0473. The number of rotatable bonds is 6. The number of aromatic nitrogens is 5.